The van der Waals surface area contributed by atoms with E-state index >= 15 is 0 Å². The smallest absolute Gasteiger partial charge is 0.221 e. The highest BCUT2D eigenvalue weighted by Gasteiger charge is 2.13. The van der Waals surface area contributed by atoms with Crippen LogP contribution in [0.1, 0.15) is 22.3 Å². The zero-order valence-electron chi connectivity index (χ0n) is 17.8. The second-order valence-corrected chi connectivity index (χ2v) is 7.67. The van der Waals surface area contributed by atoms with Crippen molar-refractivity contribution >= 4 is 12.2 Å². The molecule has 0 radical (unpaired) electrons. The van der Waals surface area contributed by atoms with Crippen LogP contribution in [0.25, 0.3) is 5.69 Å². The summed E-state index contributed by atoms with van der Waals surface area (Å²) in [6.07, 6.45) is 0. The Balaban J connectivity index is 1.79. The van der Waals surface area contributed by atoms with E-state index in [2.05, 4.69) is 54.3 Å². The molecule has 0 aliphatic rings. The molecule has 2 aromatic carbocycles. The van der Waals surface area contributed by atoms with Crippen LogP contribution in [-0.4, -0.2) is 46.0 Å². The Morgan fingerprint density at radius 3 is 2.17 bits per heavy atom. The largest absolute Gasteiger partial charge is 0.493 e. The van der Waals surface area contributed by atoms with E-state index in [1.807, 2.05) is 19.2 Å². The van der Waals surface area contributed by atoms with E-state index in [-0.39, 0.29) is 0 Å². The van der Waals surface area contributed by atoms with Gasteiger partial charge in [0.25, 0.3) is 0 Å². The summed E-state index contributed by atoms with van der Waals surface area (Å²) in [5, 5.41) is 8.51. The van der Waals surface area contributed by atoms with Gasteiger partial charge in [0.05, 0.1) is 26.6 Å². The third kappa shape index (κ3) is 4.65. The zero-order chi connectivity index (χ0) is 21.1. The average molecular weight is 414 g/mol. The molecule has 7 nitrogen and oxygen atoms in total. The van der Waals surface area contributed by atoms with Gasteiger partial charge in [-0.25, -0.2) is 4.68 Å². The van der Waals surface area contributed by atoms with Crippen molar-refractivity contribution in [3.05, 3.63) is 57.4 Å². The normalized spacial score (nSPS) is 11.1. The van der Waals surface area contributed by atoms with Crippen molar-refractivity contribution in [3.8, 4) is 17.2 Å². The van der Waals surface area contributed by atoms with Gasteiger partial charge in [0, 0.05) is 6.54 Å². The molecule has 1 heterocycles. The van der Waals surface area contributed by atoms with Gasteiger partial charge >= 0.3 is 0 Å². The highest BCUT2D eigenvalue weighted by atomic mass is 32.1. The summed E-state index contributed by atoms with van der Waals surface area (Å²) in [5.74, 6) is 1.45. The quantitative estimate of drug-likeness (QED) is 0.549. The van der Waals surface area contributed by atoms with Crippen LogP contribution in [0.5, 0.6) is 11.5 Å². The Morgan fingerprint density at radius 2 is 1.55 bits per heavy atom. The highest BCUT2D eigenvalue weighted by Crippen LogP contribution is 2.30. The van der Waals surface area contributed by atoms with Gasteiger partial charge in [-0.15, -0.1) is 0 Å². The van der Waals surface area contributed by atoms with Crippen molar-refractivity contribution < 1.29 is 9.47 Å². The molecule has 0 amide bonds. The first-order valence-electron chi connectivity index (χ1n) is 9.34. The standard InChI is InChI=1S/C21H27N5O2S/c1-14-7-15(2)9-18(8-14)26-21(29)25(22-23-26)13-24(4)12-17-11-20(28-6)19(27-5)10-16(17)3/h7-11H,12-13H2,1-6H3. The maximum absolute atomic E-state index is 5.61. The molecule has 0 N–H and O–H groups in total. The van der Waals surface area contributed by atoms with Crippen LogP contribution < -0.4 is 9.47 Å². The van der Waals surface area contributed by atoms with E-state index in [4.69, 9.17) is 21.7 Å². The molecule has 0 saturated carbocycles. The van der Waals surface area contributed by atoms with Gasteiger partial charge in [0.2, 0.25) is 4.77 Å². The van der Waals surface area contributed by atoms with E-state index in [0.717, 1.165) is 39.4 Å². The summed E-state index contributed by atoms with van der Waals surface area (Å²) in [6.45, 7) is 7.42. The molecule has 0 aliphatic heterocycles. The molecule has 0 aliphatic carbocycles. The first-order chi connectivity index (χ1) is 13.8. The lowest BCUT2D eigenvalue weighted by Gasteiger charge is -2.19. The monoisotopic (exact) mass is 413 g/mol. The number of ether oxygens (including phenoxy) is 2. The van der Waals surface area contributed by atoms with Crippen LogP contribution in [0.3, 0.4) is 0 Å². The van der Waals surface area contributed by atoms with Crippen molar-refractivity contribution in [1.82, 2.24) is 24.7 Å². The summed E-state index contributed by atoms with van der Waals surface area (Å²) >= 11 is 5.61. The topological polar surface area (TPSA) is 57.3 Å². The van der Waals surface area contributed by atoms with Crippen molar-refractivity contribution in [2.75, 3.05) is 21.3 Å². The van der Waals surface area contributed by atoms with Crippen LogP contribution in [0, 0.1) is 25.5 Å². The van der Waals surface area contributed by atoms with E-state index in [1.165, 1.54) is 0 Å². The average Bonchev–Trinajstić information content (AvgIpc) is 3.02. The highest BCUT2D eigenvalue weighted by molar-refractivity contribution is 7.71. The lowest BCUT2D eigenvalue weighted by atomic mass is 10.1. The zero-order valence-corrected chi connectivity index (χ0v) is 18.6. The minimum absolute atomic E-state index is 0.525. The minimum atomic E-state index is 0.525. The fraction of sp³-hybridized carbons (Fsp3) is 0.381. The number of aryl methyl sites for hydroxylation is 3. The summed E-state index contributed by atoms with van der Waals surface area (Å²) in [4.78, 5) is 2.13. The maximum Gasteiger partial charge on any atom is 0.221 e. The molecule has 3 aromatic rings. The fourth-order valence-corrected chi connectivity index (χ4v) is 3.60. The van der Waals surface area contributed by atoms with Crippen LogP contribution in [0.4, 0.5) is 0 Å². The third-order valence-corrected chi connectivity index (χ3v) is 5.13. The molecule has 0 unspecified atom stereocenters. The van der Waals surface area contributed by atoms with E-state index in [0.29, 0.717) is 18.0 Å². The molecule has 0 spiro atoms. The Labute approximate surface area is 176 Å². The lowest BCUT2D eigenvalue weighted by molar-refractivity contribution is 0.241. The summed E-state index contributed by atoms with van der Waals surface area (Å²) < 4.78 is 14.8. The van der Waals surface area contributed by atoms with Crippen molar-refractivity contribution in [3.63, 3.8) is 0 Å². The number of hydrogen-bond donors (Lipinski definition) is 0. The maximum atomic E-state index is 5.61. The van der Waals surface area contributed by atoms with Gasteiger partial charge in [-0.3, -0.25) is 4.90 Å². The van der Waals surface area contributed by atoms with Crippen LogP contribution >= 0.6 is 12.2 Å². The third-order valence-electron chi connectivity index (χ3n) is 4.75. The van der Waals surface area contributed by atoms with Gasteiger partial charge < -0.3 is 9.47 Å². The van der Waals surface area contributed by atoms with Gasteiger partial charge in [0.1, 0.15) is 0 Å². The lowest BCUT2D eigenvalue weighted by Crippen LogP contribution is -2.23. The Hall–Kier alpha value is -2.71. The molecule has 0 atom stereocenters. The van der Waals surface area contributed by atoms with Gasteiger partial charge in [0.15, 0.2) is 11.5 Å². The molecule has 1 aromatic heterocycles. The van der Waals surface area contributed by atoms with Gasteiger partial charge in [-0.1, -0.05) is 6.07 Å². The molecule has 0 saturated heterocycles. The molecule has 29 heavy (non-hydrogen) atoms. The summed E-state index contributed by atoms with van der Waals surface area (Å²) in [7, 11) is 5.31. The predicted molar refractivity (Wildman–Crippen MR) is 115 cm³/mol. The Kier molecular flexibility index (Phi) is 6.34. The van der Waals surface area contributed by atoms with E-state index < -0.39 is 0 Å². The van der Waals surface area contributed by atoms with E-state index in [1.54, 1.807) is 23.6 Å². The second-order valence-electron chi connectivity index (χ2n) is 7.31. The first kappa shape index (κ1) is 21.0. The summed E-state index contributed by atoms with van der Waals surface area (Å²) in [6, 6.07) is 10.2. The molecule has 8 heteroatoms. The minimum Gasteiger partial charge on any atom is -0.493 e. The van der Waals surface area contributed by atoms with Crippen molar-refractivity contribution in [2.24, 2.45) is 0 Å². The predicted octanol–water partition coefficient (Wildman–Crippen LogP) is 3.83. The molecular formula is C21H27N5O2S. The Bertz CT molecular complexity index is 1050. The summed E-state index contributed by atoms with van der Waals surface area (Å²) in [5.41, 5.74) is 5.54. The molecule has 0 bridgehead atoms. The molecule has 154 valence electrons. The number of tetrazole rings is 1. The van der Waals surface area contributed by atoms with Crippen molar-refractivity contribution in [1.29, 1.82) is 0 Å². The van der Waals surface area contributed by atoms with Crippen LogP contribution in [0.2, 0.25) is 0 Å². The molecule has 3 rings (SSSR count). The number of rotatable bonds is 7. The number of hydrogen-bond acceptors (Lipinski definition) is 6. The molecule has 0 fully saturated rings. The van der Waals surface area contributed by atoms with Gasteiger partial charge in [-0.05, 0) is 97.0 Å². The number of methoxy groups -OCH3 is 2. The van der Waals surface area contributed by atoms with Crippen LogP contribution in [0.15, 0.2) is 30.3 Å². The number of aromatic nitrogens is 4. The van der Waals surface area contributed by atoms with Crippen LogP contribution in [-0.2, 0) is 13.2 Å². The SMILES string of the molecule is COc1cc(C)c(CN(C)Cn2nnn(-c3cc(C)cc(C)c3)c2=S)cc1OC. The van der Waals surface area contributed by atoms with Crippen molar-refractivity contribution in [2.45, 2.75) is 34.0 Å². The van der Waals surface area contributed by atoms with Gasteiger partial charge in [-0.2, -0.15) is 4.68 Å². The number of benzene rings is 2. The second kappa shape index (κ2) is 8.75. The Morgan fingerprint density at radius 1 is 0.931 bits per heavy atom. The fourth-order valence-electron chi connectivity index (χ4n) is 3.36. The number of nitrogens with zero attached hydrogens (tertiary/aromatic N) is 5. The molecular weight excluding hydrogens is 386 g/mol. The van der Waals surface area contributed by atoms with E-state index in [9.17, 15) is 0 Å². The first-order valence-corrected chi connectivity index (χ1v) is 9.74.